The van der Waals surface area contributed by atoms with Crippen LogP contribution in [-0.4, -0.2) is 36.3 Å². The molecule has 29 heavy (non-hydrogen) atoms. The number of benzene rings is 1. The Morgan fingerprint density at radius 1 is 1.03 bits per heavy atom. The third kappa shape index (κ3) is 4.07. The van der Waals surface area contributed by atoms with Crippen molar-refractivity contribution in [3.05, 3.63) is 66.7 Å². The second-order valence-electron chi connectivity index (χ2n) is 5.74. The van der Waals surface area contributed by atoms with E-state index in [1.54, 1.807) is 12.4 Å². The van der Waals surface area contributed by atoms with Gasteiger partial charge in [-0.3, -0.25) is 9.55 Å². The number of nitriles is 1. The fourth-order valence-electron chi connectivity index (χ4n) is 2.61. The van der Waals surface area contributed by atoms with Gasteiger partial charge in [0.25, 0.3) is 0 Å². The Bertz CT molecular complexity index is 1140. The van der Waals surface area contributed by atoms with Gasteiger partial charge in [-0.15, -0.1) is 10.2 Å². The Kier molecular flexibility index (Phi) is 5.45. The summed E-state index contributed by atoms with van der Waals surface area (Å²) in [5, 5.41) is 18.8. The van der Waals surface area contributed by atoms with Gasteiger partial charge < -0.3 is 4.74 Å². The largest absolute Gasteiger partial charge is 0.494 e. The molecule has 4 rings (SSSR count). The molecule has 3 aromatic heterocycles. The average Bonchev–Trinajstić information content (AvgIpc) is 3.19. The molecule has 0 N–H and O–H groups in total. The smallest absolute Gasteiger partial charge is 0.202 e. The SMILES string of the molecule is CCOc1ccc(-n2c(Sc3cnc(C#N)cn3)nnc2-c2ccccn2)cc1. The highest BCUT2D eigenvalue weighted by Gasteiger charge is 2.18. The maximum Gasteiger partial charge on any atom is 0.202 e. The lowest BCUT2D eigenvalue weighted by Gasteiger charge is -2.11. The first kappa shape index (κ1) is 18.6. The molecule has 8 nitrogen and oxygen atoms in total. The molecule has 142 valence electrons. The standard InChI is InChI=1S/C20H15N7OS/c1-2-28-16-8-6-15(7-9-16)27-19(17-5-3-4-10-22-17)25-26-20(27)29-18-13-23-14(11-21)12-24-18/h3-10,12-13H,2H2,1H3. The van der Waals surface area contributed by atoms with Gasteiger partial charge in [0, 0.05) is 6.20 Å². The minimum atomic E-state index is 0.261. The molecular weight excluding hydrogens is 386 g/mol. The predicted molar refractivity (Wildman–Crippen MR) is 107 cm³/mol. The lowest BCUT2D eigenvalue weighted by Crippen LogP contribution is -2.01. The molecule has 1 aromatic carbocycles. The number of rotatable bonds is 6. The third-order valence-corrected chi connectivity index (χ3v) is 4.74. The summed E-state index contributed by atoms with van der Waals surface area (Å²) in [5.41, 5.74) is 1.83. The highest BCUT2D eigenvalue weighted by atomic mass is 32.2. The molecule has 0 saturated heterocycles. The fraction of sp³-hybridized carbons (Fsp3) is 0.100. The van der Waals surface area contributed by atoms with Crippen molar-refractivity contribution < 1.29 is 4.74 Å². The molecule has 4 aromatic rings. The zero-order valence-electron chi connectivity index (χ0n) is 15.4. The maximum atomic E-state index is 8.90. The summed E-state index contributed by atoms with van der Waals surface area (Å²) in [6.07, 6.45) is 4.69. The molecule has 0 aliphatic rings. The van der Waals surface area contributed by atoms with Crippen LogP contribution in [0.1, 0.15) is 12.6 Å². The van der Waals surface area contributed by atoms with Crippen LogP contribution in [0, 0.1) is 11.3 Å². The predicted octanol–water partition coefficient (Wildman–Crippen LogP) is 3.54. The van der Waals surface area contributed by atoms with Gasteiger partial charge in [-0.1, -0.05) is 6.07 Å². The second-order valence-corrected chi connectivity index (χ2v) is 6.72. The zero-order valence-corrected chi connectivity index (χ0v) is 16.2. The molecule has 0 bridgehead atoms. The monoisotopic (exact) mass is 401 g/mol. The molecule has 0 fully saturated rings. The number of hydrogen-bond donors (Lipinski definition) is 0. The van der Waals surface area contributed by atoms with E-state index in [-0.39, 0.29) is 5.69 Å². The summed E-state index contributed by atoms with van der Waals surface area (Å²) < 4.78 is 7.44. The van der Waals surface area contributed by atoms with Crippen molar-refractivity contribution in [2.24, 2.45) is 0 Å². The molecule has 0 spiro atoms. The normalized spacial score (nSPS) is 10.5. The van der Waals surface area contributed by atoms with Crippen LogP contribution in [-0.2, 0) is 0 Å². The summed E-state index contributed by atoms with van der Waals surface area (Å²) in [6.45, 7) is 2.55. The first-order chi connectivity index (χ1) is 14.3. The number of pyridine rings is 1. The van der Waals surface area contributed by atoms with Gasteiger partial charge >= 0.3 is 0 Å². The third-order valence-electron chi connectivity index (χ3n) is 3.87. The Balaban J connectivity index is 1.76. The van der Waals surface area contributed by atoms with Gasteiger partial charge in [0.05, 0.1) is 24.7 Å². The molecule has 0 aliphatic heterocycles. The van der Waals surface area contributed by atoms with Crippen LogP contribution < -0.4 is 4.74 Å². The van der Waals surface area contributed by atoms with Crippen molar-refractivity contribution in [1.82, 2.24) is 29.7 Å². The molecule has 0 atom stereocenters. The van der Waals surface area contributed by atoms with Gasteiger partial charge in [0.2, 0.25) is 5.16 Å². The minimum Gasteiger partial charge on any atom is -0.494 e. The topological polar surface area (TPSA) is 102 Å². The van der Waals surface area contributed by atoms with Crippen LogP contribution in [0.4, 0.5) is 0 Å². The lowest BCUT2D eigenvalue weighted by atomic mass is 10.3. The van der Waals surface area contributed by atoms with E-state index in [1.165, 1.54) is 18.0 Å². The zero-order chi connectivity index (χ0) is 20.1. The average molecular weight is 401 g/mol. The molecule has 0 amide bonds. The van der Waals surface area contributed by atoms with Gasteiger partial charge in [-0.05, 0) is 55.1 Å². The first-order valence-corrected chi connectivity index (χ1v) is 9.60. The van der Waals surface area contributed by atoms with E-state index in [4.69, 9.17) is 10.00 Å². The Hall–Kier alpha value is -3.77. The maximum absolute atomic E-state index is 8.90. The highest BCUT2D eigenvalue weighted by Crippen LogP contribution is 2.31. The molecule has 0 aliphatic carbocycles. The van der Waals surface area contributed by atoms with E-state index < -0.39 is 0 Å². The van der Waals surface area contributed by atoms with E-state index in [0.29, 0.717) is 28.3 Å². The van der Waals surface area contributed by atoms with E-state index >= 15 is 0 Å². The summed E-state index contributed by atoms with van der Waals surface area (Å²) in [7, 11) is 0. The van der Waals surface area contributed by atoms with E-state index in [2.05, 4.69) is 25.1 Å². The van der Waals surface area contributed by atoms with Crippen LogP contribution in [0.25, 0.3) is 17.2 Å². The lowest BCUT2D eigenvalue weighted by molar-refractivity contribution is 0.340. The van der Waals surface area contributed by atoms with Crippen molar-refractivity contribution in [3.63, 3.8) is 0 Å². The summed E-state index contributed by atoms with van der Waals surface area (Å²) in [4.78, 5) is 12.7. The summed E-state index contributed by atoms with van der Waals surface area (Å²) >= 11 is 1.31. The van der Waals surface area contributed by atoms with Crippen molar-refractivity contribution in [2.75, 3.05) is 6.61 Å². The number of ether oxygens (including phenoxy) is 1. The van der Waals surface area contributed by atoms with Crippen LogP contribution >= 0.6 is 11.8 Å². The molecular formula is C20H15N7OS. The van der Waals surface area contributed by atoms with E-state index in [1.807, 2.05) is 60.0 Å². The Morgan fingerprint density at radius 3 is 2.55 bits per heavy atom. The van der Waals surface area contributed by atoms with Crippen LogP contribution in [0.3, 0.4) is 0 Å². The van der Waals surface area contributed by atoms with Gasteiger partial charge in [-0.25, -0.2) is 9.97 Å². The Labute approximate surface area is 171 Å². The number of nitrogens with zero attached hydrogens (tertiary/aromatic N) is 7. The van der Waals surface area contributed by atoms with Gasteiger partial charge in [0.15, 0.2) is 11.5 Å². The molecule has 0 radical (unpaired) electrons. The van der Waals surface area contributed by atoms with E-state index in [9.17, 15) is 0 Å². The van der Waals surface area contributed by atoms with Crippen LogP contribution in [0.15, 0.2) is 71.2 Å². The minimum absolute atomic E-state index is 0.261. The second kappa shape index (κ2) is 8.50. The molecule has 9 heteroatoms. The van der Waals surface area contributed by atoms with Crippen molar-refractivity contribution in [2.45, 2.75) is 17.1 Å². The summed E-state index contributed by atoms with van der Waals surface area (Å²) in [5.74, 6) is 1.40. The summed E-state index contributed by atoms with van der Waals surface area (Å²) in [6, 6.07) is 15.3. The van der Waals surface area contributed by atoms with Crippen molar-refractivity contribution in [3.8, 4) is 29.0 Å². The van der Waals surface area contributed by atoms with Crippen molar-refractivity contribution >= 4 is 11.8 Å². The number of hydrogen-bond acceptors (Lipinski definition) is 8. The molecule has 3 heterocycles. The number of aromatic nitrogens is 6. The fourth-order valence-corrected chi connectivity index (χ4v) is 3.37. The highest BCUT2D eigenvalue weighted by molar-refractivity contribution is 7.99. The first-order valence-electron chi connectivity index (χ1n) is 8.78. The molecule has 0 unspecified atom stereocenters. The van der Waals surface area contributed by atoms with Gasteiger partial charge in [-0.2, -0.15) is 5.26 Å². The van der Waals surface area contributed by atoms with Gasteiger partial charge in [0.1, 0.15) is 22.5 Å². The Morgan fingerprint density at radius 2 is 1.90 bits per heavy atom. The van der Waals surface area contributed by atoms with Crippen LogP contribution in [0.5, 0.6) is 5.75 Å². The quantitative estimate of drug-likeness (QED) is 0.483. The van der Waals surface area contributed by atoms with Crippen LogP contribution in [0.2, 0.25) is 0 Å². The van der Waals surface area contributed by atoms with Crippen molar-refractivity contribution in [1.29, 1.82) is 5.26 Å². The molecule has 0 saturated carbocycles. The van der Waals surface area contributed by atoms with E-state index in [0.717, 1.165) is 11.4 Å².